The molecule has 2 unspecified atom stereocenters. The molecule has 1 fully saturated rings. The van der Waals surface area contributed by atoms with Crippen LogP contribution in [-0.2, 0) is 9.59 Å². The molecular weight excluding hydrogens is 236 g/mol. The fourth-order valence-corrected chi connectivity index (χ4v) is 2.64. The van der Waals surface area contributed by atoms with Crippen LogP contribution in [0, 0.1) is 0 Å². The van der Waals surface area contributed by atoms with Gasteiger partial charge in [-0.05, 0) is 31.8 Å². The van der Waals surface area contributed by atoms with Crippen LogP contribution in [0.3, 0.4) is 0 Å². The quantitative estimate of drug-likeness (QED) is 0.755. The number of carbonyl (C=O) groups is 2. The van der Waals surface area contributed by atoms with Gasteiger partial charge in [0, 0.05) is 19.0 Å². The number of hydrogen-bond acceptors (Lipinski definition) is 3. The van der Waals surface area contributed by atoms with E-state index in [2.05, 4.69) is 12.2 Å². The molecule has 1 aliphatic heterocycles. The Bertz CT molecular complexity index is 284. The Morgan fingerprint density at radius 3 is 2.76 bits per heavy atom. The van der Waals surface area contributed by atoms with Crippen LogP contribution in [0.4, 0.5) is 0 Å². The summed E-state index contributed by atoms with van der Waals surface area (Å²) in [5.41, 5.74) is 0. The lowest BCUT2D eigenvalue weighted by Crippen LogP contribution is -2.45. The van der Waals surface area contributed by atoms with Crippen molar-refractivity contribution in [1.29, 1.82) is 0 Å². The minimum atomic E-state index is -0.383. The largest absolute Gasteiger partial charge is 0.345 e. The zero-order valence-electron chi connectivity index (χ0n) is 10.9. The molecule has 0 radical (unpaired) electrons. The summed E-state index contributed by atoms with van der Waals surface area (Å²) in [6.07, 6.45) is 1.41. The molecule has 1 saturated heterocycles. The number of amides is 2. The van der Waals surface area contributed by atoms with Crippen molar-refractivity contribution in [3.8, 4) is 0 Å². The maximum Gasteiger partial charge on any atom is 0.245 e. The summed E-state index contributed by atoms with van der Waals surface area (Å²) in [5, 5.41) is 2.72. The summed E-state index contributed by atoms with van der Waals surface area (Å²) in [6.45, 7) is 6.59. The van der Waals surface area contributed by atoms with Crippen molar-refractivity contribution in [2.45, 2.75) is 45.7 Å². The summed E-state index contributed by atoms with van der Waals surface area (Å²) in [6, 6.07) is -0.370. The lowest BCUT2D eigenvalue weighted by molar-refractivity contribution is -0.134. The Morgan fingerprint density at radius 2 is 2.12 bits per heavy atom. The number of thioether (sulfide) groups is 1. The summed E-state index contributed by atoms with van der Waals surface area (Å²) in [4.78, 5) is 25.4. The lowest BCUT2D eigenvalue weighted by atomic mass is 10.2. The van der Waals surface area contributed by atoms with Crippen molar-refractivity contribution in [1.82, 2.24) is 10.2 Å². The van der Waals surface area contributed by atoms with Gasteiger partial charge in [-0.25, -0.2) is 0 Å². The molecule has 0 bridgehead atoms. The van der Waals surface area contributed by atoms with Gasteiger partial charge in [-0.2, -0.15) is 11.8 Å². The fourth-order valence-electron chi connectivity index (χ4n) is 2.02. The van der Waals surface area contributed by atoms with Crippen molar-refractivity contribution in [3.63, 3.8) is 0 Å². The van der Waals surface area contributed by atoms with Crippen molar-refractivity contribution >= 4 is 23.6 Å². The second kappa shape index (κ2) is 6.89. The second-order valence-electron chi connectivity index (χ2n) is 4.42. The smallest absolute Gasteiger partial charge is 0.245 e. The van der Waals surface area contributed by atoms with Crippen LogP contribution in [-0.4, -0.2) is 46.8 Å². The first-order valence-electron chi connectivity index (χ1n) is 6.23. The molecule has 17 heavy (non-hydrogen) atoms. The Hall–Kier alpha value is -0.710. The fraction of sp³-hybridized carbons (Fsp3) is 0.833. The summed E-state index contributed by atoms with van der Waals surface area (Å²) < 4.78 is 0. The Balaban J connectivity index is 2.53. The van der Waals surface area contributed by atoms with Gasteiger partial charge >= 0.3 is 0 Å². The first-order chi connectivity index (χ1) is 8.06. The third kappa shape index (κ3) is 4.22. The maximum atomic E-state index is 12.1. The van der Waals surface area contributed by atoms with Gasteiger partial charge in [0.25, 0.3) is 0 Å². The molecular formula is C12H22N2O2S. The highest BCUT2D eigenvalue weighted by molar-refractivity contribution is 7.99. The number of hydrogen-bond donors (Lipinski definition) is 1. The van der Waals surface area contributed by atoms with E-state index in [0.717, 1.165) is 24.5 Å². The van der Waals surface area contributed by atoms with Gasteiger partial charge in [0.15, 0.2) is 0 Å². The van der Waals surface area contributed by atoms with E-state index in [1.165, 1.54) is 0 Å². The Kier molecular flexibility index (Phi) is 5.82. The van der Waals surface area contributed by atoms with Crippen molar-refractivity contribution < 1.29 is 9.59 Å². The maximum absolute atomic E-state index is 12.1. The molecule has 0 aromatic carbocycles. The molecule has 0 aromatic heterocycles. The Morgan fingerprint density at radius 1 is 1.41 bits per heavy atom. The molecule has 0 spiro atoms. The van der Waals surface area contributed by atoms with Crippen LogP contribution in [0.5, 0.6) is 0 Å². The van der Waals surface area contributed by atoms with Gasteiger partial charge in [0.05, 0.1) is 0 Å². The summed E-state index contributed by atoms with van der Waals surface area (Å²) in [5.74, 6) is 2.21. The lowest BCUT2D eigenvalue weighted by Gasteiger charge is -2.27. The van der Waals surface area contributed by atoms with E-state index in [0.29, 0.717) is 6.42 Å². The third-order valence-electron chi connectivity index (χ3n) is 2.94. The molecule has 1 rings (SSSR count). The Labute approximate surface area is 108 Å². The van der Waals surface area contributed by atoms with Crippen LogP contribution in [0.2, 0.25) is 0 Å². The molecule has 5 heteroatoms. The third-order valence-corrected chi connectivity index (χ3v) is 3.92. The number of nitrogens with zero attached hydrogens (tertiary/aromatic N) is 1. The molecule has 0 aromatic rings. The number of rotatable bonds is 5. The normalized spacial score (nSPS) is 25.7. The zero-order chi connectivity index (χ0) is 12.8. The van der Waals surface area contributed by atoms with Gasteiger partial charge in [0.2, 0.25) is 11.8 Å². The highest BCUT2D eigenvalue weighted by Crippen LogP contribution is 2.13. The molecule has 0 saturated carbocycles. The van der Waals surface area contributed by atoms with Crippen LogP contribution < -0.4 is 5.32 Å². The predicted molar refractivity (Wildman–Crippen MR) is 71.0 cm³/mol. The first-order valence-corrected chi connectivity index (χ1v) is 7.39. The zero-order valence-corrected chi connectivity index (χ0v) is 11.7. The standard InChI is InChI=1S/C12H22N2O2S/c1-4-17-7-5-6-14-9(2)8-11(15)13-10(3)12(14)16/h9-10H,4-8H2,1-3H3,(H,13,15). The molecule has 4 nitrogen and oxygen atoms in total. The average Bonchev–Trinajstić information content (AvgIpc) is 2.35. The van der Waals surface area contributed by atoms with Crippen LogP contribution in [0.25, 0.3) is 0 Å². The van der Waals surface area contributed by atoms with Crippen LogP contribution in [0.15, 0.2) is 0 Å². The molecule has 1 N–H and O–H groups in total. The van der Waals surface area contributed by atoms with Crippen LogP contribution >= 0.6 is 11.8 Å². The minimum absolute atomic E-state index is 0.0130. The highest BCUT2D eigenvalue weighted by Gasteiger charge is 2.30. The number of carbonyl (C=O) groups excluding carboxylic acids is 2. The molecule has 1 heterocycles. The van der Waals surface area contributed by atoms with Gasteiger partial charge in [-0.3, -0.25) is 9.59 Å². The highest BCUT2D eigenvalue weighted by atomic mass is 32.2. The summed E-state index contributed by atoms with van der Waals surface area (Å²) >= 11 is 1.89. The van der Waals surface area contributed by atoms with Crippen molar-refractivity contribution in [2.24, 2.45) is 0 Å². The van der Waals surface area contributed by atoms with Gasteiger partial charge in [-0.15, -0.1) is 0 Å². The van der Waals surface area contributed by atoms with Gasteiger partial charge in [-0.1, -0.05) is 6.92 Å². The second-order valence-corrected chi connectivity index (χ2v) is 5.82. The van der Waals surface area contributed by atoms with E-state index in [1.54, 1.807) is 6.92 Å². The van der Waals surface area contributed by atoms with E-state index in [9.17, 15) is 9.59 Å². The number of nitrogens with one attached hydrogen (secondary N) is 1. The van der Waals surface area contributed by atoms with Crippen molar-refractivity contribution in [2.75, 3.05) is 18.1 Å². The summed E-state index contributed by atoms with van der Waals surface area (Å²) in [7, 11) is 0. The van der Waals surface area contributed by atoms with Gasteiger partial charge in [0.1, 0.15) is 6.04 Å². The van der Waals surface area contributed by atoms with E-state index < -0.39 is 0 Å². The first kappa shape index (κ1) is 14.4. The van der Waals surface area contributed by atoms with Crippen LogP contribution in [0.1, 0.15) is 33.6 Å². The van der Waals surface area contributed by atoms with E-state index >= 15 is 0 Å². The van der Waals surface area contributed by atoms with Gasteiger partial charge < -0.3 is 10.2 Å². The molecule has 0 aliphatic carbocycles. The van der Waals surface area contributed by atoms with Crippen molar-refractivity contribution in [3.05, 3.63) is 0 Å². The minimum Gasteiger partial charge on any atom is -0.345 e. The van der Waals surface area contributed by atoms with E-state index in [4.69, 9.17) is 0 Å². The molecule has 98 valence electrons. The SMILES string of the molecule is CCSCCCN1C(=O)C(C)NC(=O)CC1C. The van der Waals surface area contributed by atoms with E-state index in [1.807, 2.05) is 23.6 Å². The molecule has 1 aliphatic rings. The average molecular weight is 258 g/mol. The predicted octanol–water partition coefficient (Wildman–Crippen LogP) is 1.26. The molecule has 2 amide bonds. The monoisotopic (exact) mass is 258 g/mol. The van der Waals surface area contributed by atoms with E-state index in [-0.39, 0.29) is 23.9 Å². The topological polar surface area (TPSA) is 49.4 Å². The molecule has 2 atom stereocenters.